The number of carbonyl (C=O) groups excluding carboxylic acids is 3. The van der Waals surface area contributed by atoms with Crippen molar-refractivity contribution < 1.29 is 34.0 Å². The van der Waals surface area contributed by atoms with E-state index in [-0.39, 0.29) is 18.9 Å². The van der Waals surface area contributed by atoms with Gasteiger partial charge >= 0.3 is 5.97 Å². The second-order valence-corrected chi connectivity index (χ2v) is 5.62. The molecule has 0 saturated carbocycles. The molecule has 0 bridgehead atoms. The Morgan fingerprint density at radius 2 is 1.70 bits per heavy atom. The lowest BCUT2D eigenvalue weighted by molar-refractivity contribution is -0.878. The van der Waals surface area contributed by atoms with Gasteiger partial charge in [0.05, 0.1) is 53.9 Å². The Morgan fingerprint density at radius 3 is 2.04 bits per heavy atom. The fraction of sp³-hybridized carbons (Fsp3) is 0.800. The smallest absolute Gasteiger partial charge is 0.312 e. The topological polar surface area (TPSA) is 104 Å². The maximum absolute atomic E-state index is 10.9. The standard InChI is InChI=1S/C8H15NO4.C7H16N2O/c1-4-13-7(10)5-6(8(11)12)9(2)3;1-4-7(10)8-5-6-9(2)3/h6H,4-5H2,1-3H3,(H,11,12);4-6H2,1-3H3,(H,8,10)/p+1. The predicted octanol–water partition coefficient (Wildman–Crippen LogP) is -4.14. The zero-order chi connectivity index (χ0) is 18.4. The highest BCUT2D eigenvalue weighted by Crippen LogP contribution is 1.90. The van der Waals surface area contributed by atoms with E-state index < -0.39 is 18.0 Å². The van der Waals surface area contributed by atoms with Crippen molar-refractivity contribution >= 4 is 17.8 Å². The number of amides is 1. The molecule has 0 fully saturated rings. The van der Waals surface area contributed by atoms with Crippen LogP contribution in [0.4, 0.5) is 0 Å². The summed E-state index contributed by atoms with van der Waals surface area (Å²) >= 11 is 0. The number of rotatable bonds is 9. The number of quaternary nitrogens is 2. The molecule has 0 aliphatic rings. The highest BCUT2D eigenvalue weighted by Gasteiger charge is 2.21. The highest BCUT2D eigenvalue weighted by molar-refractivity contribution is 5.79. The van der Waals surface area contributed by atoms with Crippen LogP contribution in [0.2, 0.25) is 0 Å². The quantitative estimate of drug-likeness (QED) is 0.372. The van der Waals surface area contributed by atoms with Crippen molar-refractivity contribution in [3.05, 3.63) is 0 Å². The summed E-state index contributed by atoms with van der Waals surface area (Å²) in [6.45, 7) is 5.58. The van der Waals surface area contributed by atoms with Crippen LogP contribution in [-0.2, 0) is 19.1 Å². The van der Waals surface area contributed by atoms with Gasteiger partial charge in [0, 0.05) is 6.42 Å². The minimum Gasteiger partial charge on any atom is -0.544 e. The van der Waals surface area contributed by atoms with Crippen LogP contribution >= 0.6 is 0 Å². The third kappa shape index (κ3) is 15.0. The minimum absolute atomic E-state index is 0.140. The first-order valence-electron chi connectivity index (χ1n) is 7.87. The first-order chi connectivity index (χ1) is 10.6. The Kier molecular flexibility index (Phi) is 14.3. The van der Waals surface area contributed by atoms with E-state index in [1.807, 2.05) is 6.92 Å². The molecule has 0 aromatic carbocycles. The number of nitrogens with one attached hydrogen (secondary N) is 3. The van der Waals surface area contributed by atoms with Crippen LogP contribution in [0.1, 0.15) is 26.7 Å². The molecule has 1 amide bonds. The Balaban J connectivity index is 0. The van der Waals surface area contributed by atoms with E-state index in [2.05, 4.69) is 24.1 Å². The third-order valence-electron chi connectivity index (χ3n) is 2.93. The van der Waals surface area contributed by atoms with Crippen molar-refractivity contribution in [3.63, 3.8) is 0 Å². The van der Waals surface area contributed by atoms with Gasteiger partial charge in [-0.3, -0.25) is 9.59 Å². The summed E-state index contributed by atoms with van der Waals surface area (Å²) in [5.41, 5.74) is 0. The molecule has 0 spiro atoms. The maximum atomic E-state index is 10.9. The number of ether oxygens (including phenoxy) is 1. The van der Waals surface area contributed by atoms with E-state index >= 15 is 0 Å². The van der Waals surface area contributed by atoms with Gasteiger partial charge in [0.2, 0.25) is 5.91 Å². The Labute approximate surface area is 138 Å². The SMILES string of the molecule is CCC(=O)NCC[NH+](C)C.CCOC(=O)CC(C(=O)[O-])[NH+](C)C. The molecule has 0 aliphatic carbocycles. The molecular formula is C15H32N3O5+. The molecule has 136 valence electrons. The van der Waals surface area contributed by atoms with Crippen LogP contribution in [-0.4, -0.2) is 71.8 Å². The Bertz CT molecular complexity index is 359. The van der Waals surface area contributed by atoms with Crippen molar-refractivity contribution in [1.82, 2.24) is 5.32 Å². The first kappa shape index (κ1) is 23.6. The highest BCUT2D eigenvalue weighted by atomic mass is 16.5. The molecule has 1 unspecified atom stereocenters. The van der Waals surface area contributed by atoms with Crippen LogP contribution in [0, 0.1) is 0 Å². The summed E-state index contributed by atoms with van der Waals surface area (Å²) in [6.07, 6.45) is 0.446. The minimum atomic E-state index is -1.23. The van der Waals surface area contributed by atoms with Crippen molar-refractivity contribution in [2.45, 2.75) is 32.7 Å². The van der Waals surface area contributed by atoms with Crippen LogP contribution in [0.5, 0.6) is 0 Å². The fourth-order valence-electron chi connectivity index (χ4n) is 1.49. The van der Waals surface area contributed by atoms with Crippen LogP contribution in [0.3, 0.4) is 0 Å². The van der Waals surface area contributed by atoms with Crippen LogP contribution in [0.15, 0.2) is 0 Å². The average molecular weight is 334 g/mol. The van der Waals surface area contributed by atoms with E-state index in [0.717, 1.165) is 13.1 Å². The lowest BCUT2D eigenvalue weighted by Crippen LogP contribution is -3.12. The van der Waals surface area contributed by atoms with Crippen molar-refractivity contribution in [2.24, 2.45) is 0 Å². The molecule has 0 saturated heterocycles. The molecule has 0 radical (unpaired) electrons. The number of aliphatic carboxylic acids is 1. The van der Waals surface area contributed by atoms with Crippen LogP contribution in [0.25, 0.3) is 0 Å². The van der Waals surface area contributed by atoms with Gasteiger partial charge in [0.15, 0.2) is 0 Å². The number of carboxylic acids is 1. The summed E-state index contributed by atoms with van der Waals surface area (Å²) in [5, 5.41) is 13.3. The number of hydrogen-bond donors (Lipinski definition) is 3. The molecule has 8 heteroatoms. The summed E-state index contributed by atoms with van der Waals surface area (Å²) < 4.78 is 4.63. The summed E-state index contributed by atoms with van der Waals surface area (Å²) in [5.74, 6) is -1.59. The van der Waals surface area contributed by atoms with Gasteiger partial charge in [-0.1, -0.05) is 6.92 Å². The van der Waals surface area contributed by atoms with E-state index in [0.29, 0.717) is 11.3 Å². The largest absolute Gasteiger partial charge is 0.544 e. The Morgan fingerprint density at radius 1 is 1.13 bits per heavy atom. The molecular weight excluding hydrogens is 302 g/mol. The molecule has 0 aromatic rings. The van der Waals surface area contributed by atoms with Gasteiger partial charge in [-0.15, -0.1) is 0 Å². The van der Waals surface area contributed by atoms with Gasteiger partial charge in [-0.2, -0.15) is 0 Å². The number of carbonyl (C=O) groups is 3. The molecule has 23 heavy (non-hydrogen) atoms. The van der Waals surface area contributed by atoms with Gasteiger partial charge < -0.3 is 29.8 Å². The third-order valence-corrected chi connectivity index (χ3v) is 2.93. The average Bonchev–Trinajstić information content (AvgIpc) is 2.44. The van der Waals surface area contributed by atoms with Gasteiger partial charge in [0.1, 0.15) is 12.5 Å². The first-order valence-corrected chi connectivity index (χ1v) is 7.87. The van der Waals surface area contributed by atoms with Gasteiger partial charge in [-0.05, 0) is 6.92 Å². The summed E-state index contributed by atoms with van der Waals surface area (Å²) in [7, 11) is 7.44. The fourth-order valence-corrected chi connectivity index (χ4v) is 1.49. The summed E-state index contributed by atoms with van der Waals surface area (Å²) in [6, 6.07) is -0.834. The van der Waals surface area contributed by atoms with E-state index in [1.54, 1.807) is 21.0 Å². The lowest BCUT2D eigenvalue weighted by atomic mass is 10.2. The maximum Gasteiger partial charge on any atom is 0.312 e. The molecule has 0 aromatic heterocycles. The molecule has 1 atom stereocenters. The van der Waals surface area contributed by atoms with Gasteiger partial charge in [0.25, 0.3) is 0 Å². The molecule has 0 heterocycles. The number of esters is 1. The van der Waals surface area contributed by atoms with E-state index in [1.165, 1.54) is 4.90 Å². The molecule has 0 aliphatic heterocycles. The van der Waals surface area contributed by atoms with Crippen LogP contribution < -0.4 is 20.2 Å². The normalized spacial score (nSPS) is 11.5. The predicted molar refractivity (Wildman–Crippen MR) is 83.8 cm³/mol. The number of carboxylic acid groups (broad SMARTS) is 1. The second-order valence-electron chi connectivity index (χ2n) is 5.62. The second kappa shape index (κ2) is 14.0. The zero-order valence-electron chi connectivity index (χ0n) is 15.2. The number of hydrogen-bond acceptors (Lipinski definition) is 5. The zero-order valence-corrected chi connectivity index (χ0v) is 15.2. The van der Waals surface area contributed by atoms with Crippen molar-refractivity contribution in [3.8, 4) is 0 Å². The number of likely N-dealkylation sites (N-methyl/N-ethyl adjacent to an activating group) is 2. The molecule has 8 nitrogen and oxygen atoms in total. The summed E-state index contributed by atoms with van der Waals surface area (Å²) in [4.78, 5) is 34.2. The Hall–Kier alpha value is -1.67. The van der Waals surface area contributed by atoms with Crippen molar-refractivity contribution in [1.29, 1.82) is 0 Å². The van der Waals surface area contributed by atoms with E-state index in [9.17, 15) is 19.5 Å². The lowest BCUT2D eigenvalue weighted by Gasteiger charge is -2.20. The van der Waals surface area contributed by atoms with Crippen molar-refractivity contribution in [2.75, 3.05) is 47.9 Å². The van der Waals surface area contributed by atoms with E-state index in [4.69, 9.17) is 0 Å². The molecule has 0 rings (SSSR count). The monoisotopic (exact) mass is 334 g/mol. The molecule has 3 N–H and O–H groups in total. The van der Waals surface area contributed by atoms with Gasteiger partial charge in [-0.25, -0.2) is 0 Å².